The number of hydrogen-bond donors (Lipinski definition) is 1. The van der Waals surface area contributed by atoms with Crippen molar-refractivity contribution >= 4 is 6.29 Å². The molecule has 2 aromatic rings. The first-order chi connectivity index (χ1) is 7.20. The largest absolute Gasteiger partial charge is 0.352 e. The second-order valence-corrected chi connectivity index (χ2v) is 3.74. The van der Waals surface area contributed by atoms with Gasteiger partial charge in [0.15, 0.2) is 6.29 Å². The summed E-state index contributed by atoms with van der Waals surface area (Å²) in [5.74, 6) is 0. The molecule has 1 N–H and O–H groups in total. The Morgan fingerprint density at radius 3 is 2.47 bits per heavy atom. The number of aryl methyl sites for hydroxylation is 2. The summed E-state index contributed by atoms with van der Waals surface area (Å²) in [6.07, 6.45) is 0.824. The molecule has 0 radical (unpaired) electrons. The maximum atomic E-state index is 10.5. The van der Waals surface area contributed by atoms with Crippen LogP contribution >= 0.6 is 0 Å². The van der Waals surface area contributed by atoms with E-state index in [4.69, 9.17) is 0 Å². The van der Waals surface area contributed by atoms with Crippen LogP contribution in [-0.4, -0.2) is 11.3 Å². The van der Waals surface area contributed by atoms with E-state index in [1.54, 1.807) is 6.07 Å². The molecular formula is C13H13NO. The molecule has 1 heterocycles. The highest BCUT2D eigenvalue weighted by Crippen LogP contribution is 2.20. The number of carbonyl (C=O) groups excluding carboxylic acids is 1. The molecule has 0 spiro atoms. The quantitative estimate of drug-likeness (QED) is 0.740. The zero-order chi connectivity index (χ0) is 10.8. The van der Waals surface area contributed by atoms with Crippen LogP contribution in [0.25, 0.3) is 11.3 Å². The molecule has 0 bridgehead atoms. The molecule has 0 saturated heterocycles. The first kappa shape index (κ1) is 9.71. The summed E-state index contributed by atoms with van der Waals surface area (Å²) in [6, 6.07) is 9.98. The lowest BCUT2D eigenvalue weighted by Gasteiger charge is -2.03. The third-order valence-corrected chi connectivity index (χ3v) is 2.65. The Labute approximate surface area is 89.0 Å². The van der Waals surface area contributed by atoms with Crippen LogP contribution in [0, 0.1) is 13.8 Å². The molecular weight excluding hydrogens is 186 g/mol. The molecule has 2 heteroatoms. The number of aromatic nitrogens is 1. The fourth-order valence-electron chi connectivity index (χ4n) is 1.56. The van der Waals surface area contributed by atoms with Gasteiger partial charge in [-0.1, -0.05) is 12.1 Å². The van der Waals surface area contributed by atoms with Gasteiger partial charge in [-0.25, -0.2) is 0 Å². The van der Waals surface area contributed by atoms with Crippen molar-refractivity contribution in [1.82, 2.24) is 4.98 Å². The molecule has 1 aromatic heterocycles. The smallest absolute Gasteiger partial charge is 0.166 e. The predicted molar refractivity (Wildman–Crippen MR) is 61.1 cm³/mol. The van der Waals surface area contributed by atoms with Gasteiger partial charge in [0.05, 0.1) is 5.69 Å². The van der Waals surface area contributed by atoms with Crippen molar-refractivity contribution < 1.29 is 4.79 Å². The van der Waals surface area contributed by atoms with Gasteiger partial charge < -0.3 is 4.98 Å². The minimum Gasteiger partial charge on any atom is -0.352 e. The van der Waals surface area contributed by atoms with E-state index in [0.717, 1.165) is 17.5 Å². The molecule has 0 atom stereocenters. The summed E-state index contributed by atoms with van der Waals surface area (Å²) in [7, 11) is 0. The topological polar surface area (TPSA) is 32.9 Å². The van der Waals surface area contributed by atoms with Crippen molar-refractivity contribution in [2.45, 2.75) is 13.8 Å². The summed E-state index contributed by atoms with van der Waals surface area (Å²) < 4.78 is 0. The Bertz CT molecular complexity index is 497. The van der Waals surface area contributed by atoms with Gasteiger partial charge in [-0.15, -0.1) is 0 Å². The molecule has 0 fully saturated rings. The van der Waals surface area contributed by atoms with E-state index < -0.39 is 0 Å². The Balaban J connectivity index is 2.44. The van der Waals surface area contributed by atoms with E-state index in [2.05, 4.69) is 37.0 Å². The first-order valence-corrected chi connectivity index (χ1v) is 4.92. The average molecular weight is 199 g/mol. The van der Waals surface area contributed by atoms with Crippen LogP contribution in [-0.2, 0) is 0 Å². The van der Waals surface area contributed by atoms with Crippen molar-refractivity contribution in [3.63, 3.8) is 0 Å². The number of rotatable bonds is 2. The highest BCUT2D eigenvalue weighted by molar-refractivity contribution is 5.75. The molecule has 1 aromatic carbocycles. The van der Waals surface area contributed by atoms with Gasteiger partial charge >= 0.3 is 0 Å². The number of nitrogens with one attached hydrogen (secondary N) is 1. The summed E-state index contributed by atoms with van der Waals surface area (Å²) in [6.45, 7) is 4.17. The number of hydrogen-bond acceptors (Lipinski definition) is 1. The van der Waals surface area contributed by atoms with E-state index in [0.29, 0.717) is 5.69 Å². The van der Waals surface area contributed by atoms with E-state index in [1.807, 2.05) is 6.07 Å². The lowest BCUT2D eigenvalue weighted by Crippen LogP contribution is -1.84. The number of carbonyl (C=O) groups is 1. The van der Waals surface area contributed by atoms with Gasteiger partial charge in [0.2, 0.25) is 0 Å². The van der Waals surface area contributed by atoms with E-state index in [9.17, 15) is 4.79 Å². The maximum Gasteiger partial charge on any atom is 0.166 e. The van der Waals surface area contributed by atoms with Gasteiger partial charge in [0, 0.05) is 5.69 Å². The SMILES string of the molecule is Cc1ccc(-c2ccc(C=O)[nH]2)cc1C. The van der Waals surface area contributed by atoms with Crippen molar-refractivity contribution in [1.29, 1.82) is 0 Å². The standard InChI is InChI=1S/C13H13NO/c1-9-3-4-11(7-10(9)2)13-6-5-12(8-15)14-13/h3-8,14H,1-2H3. The van der Waals surface area contributed by atoms with Gasteiger partial charge in [0.1, 0.15) is 0 Å². The molecule has 76 valence electrons. The maximum absolute atomic E-state index is 10.5. The fraction of sp³-hybridized carbons (Fsp3) is 0.154. The van der Waals surface area contributed by atoms with Gasteiger partial charge in [-0.05, 0) is 48.7 Å². The second kappa shape index (κ2) is 3.73. The van der Waals surface area contributed by atoms with Crippen LogP contribution in [0.1, 0.15) is 21.6 Å². The number of benzene rings is 1. The normalized spacial score (nSPS) is 10.3. The summed E-state index contributed by atoms with van der Waals surface area (Å²) in [5.41, 5.74) is 5.25. The molecule has 2 nitrogen and oxygen atoms in total. The molecule has 0 unspecified atom stereocenters. The second-order valence-electron chi connectivity index (χ2n) is 3.74. The molecule has 0 aliphatic carbocycles. The predicted octanol–water partition coefficient (Wildman–Crippen LogP) is 3.11. The zero-order valence-electron chi connectivity index (χ0n) is 8.87. The van der Waals surface area contributed by atoms with Crippen LogP contribution in [0.5, 0.6) is 0 Å². The zero-order valence-corrected chi connectivity index (χ0v) is 8.87. The van der Waals surface area contributed by atoms with Crippen LogP contribution < -0.4 is 0 Å². The lowest BCUT2D eigenvalue weighted by atomic mass is 10.0. The number of H-pyrrole nitrogens is 1. The van der Waals surface area contributed by atoms with Gasteiger partial charge in [-0.3, -0.25) is 4.79 Å². The highest BCUT2D eigenvalue weighted by atomic mass is 16.1. The van der Waals surface area contributed by atoms with E-state index >= 15 is 0 Å². The fourth-order valence-corrected chi connectivity index (χ4v) is 1.56. The summed E-state index contributed by atoms with van der Waals surface area (Å²) >= 11 is 0. The summed E-state index contributed by atoms with van der Waals surface area (Å²) in [5, 5.41) is 0. The van der Waals surface area contributed by atoms with Gasteiger partial charge in [-0.2, -0.15) is 0 Å². The third kappa shape index (κ3) is 1.84. The van der Waals surface area contributed by atoms with Crippen molar-refractivity contribution in [3.05, 3.63) is 47.2 Å². The average Bonchev–Trinajstić information content (AvgIpc) is 2.70. The number of aromatic amines is 1. The van der Waals surface area contributed by atoms with Crippen molar-refractivity contribution in [3.8, 4) is 11.3 Å². The third-order valence-electron chi connectivity index (χ3n) is 2.65. The van der Waals surface area contributed by atoms with Crippen LogP contribution in [0.15, 0.2) is 30.3 Å². The monoisotopic (exact) mass is 199 g/mol. The minimum absolute atomic E-state index is 0.614. The van der Waals surface area contributed by atoms with Crippen molar-refractivity contribution in [2.75, 3.05) is 0 Å². The first-order valence-electron chi connectivity index (χ1n) is 4.92. The van der Waals surface area contributed by atoms with E-state index in [-0.39, 0.29) is 0 Å². The Morgan fingerprint density at radius 2 is 1.87 bits per heavy atom. The molecule has 0 amide bonds. The van der Waals surface area contributed by atoms with Crippen molar-refractivity contribution in [2.24, 2.45) is 0 Å². The van der Waals surface area contributed by atoms with E-state index in [1.165, 1.54) is 11.1 Å². The Hall–Kier alpha value is -1.83. The molecule has 2 rings (SSSR count). The van der Waals surface area contributed by atoms with Crippen LogP contribution in [0.4, 0.5) is 0 Å². The lowest BCUT2D eigenvalue weighted by molar-refractivity contribution is 0.111. The van der Waals surface area contributed by atoms with Crippen LogP contribution in [0.2, 0.25) is 0 Å². The molecule has 0 aliphatic rings. The number of aldehydes is 1. The Kier molecular flexibility index (Phi) is 2.42. The molecule has 0 saturated carbocycles. The molecule has 0 aliphatic heterocycles. The highest BCUT2D eigenvalue weighted by Gasteiger charge is 2.02. The minimum atomic E-state index is 0.614. The Morgan fingerprint density at radius 1 is 1.07 bits per heavy atom. The summed E-state index contributed by atoms with van der Waals surface area (Å²) in [4.78, 5) is 13.6. The molecule has 15 heavy (non-hydrogen) atoms. The van der Waals surface area contributed by atoms with Gasteiger partial charge in [0.25, 0.3) is 0 Å². The van der Waals surface area contributed by atoms with Crippen LogP contribution in [0.3, 0.4) is 0 Å².